The fraction of sp³-hybridized carbons (Fsp3) is 0.500. The zero-order valence-corrected chi connectivity index (χ0v) is 11.8. The van der Waals surface area contributed by atoms with Gasteiger partial charge in [0.15, 0.2) is 0 Å². The molecule has 0 aliphatic heterocycles. The van der Waals surface area contributed by atoms with Crippen LogP contribution in [0.1, 0.15) is 12.5 Å². The number of hydrogen-bond acceptors (Lipinski definition) is 4. The van der Waals surface area contributed by atoms with Crippen LogP contribution < -0.4 is 5.73 Å². The molecule has 0 heterocycles. The second kappa shape index (κ2) is 6.29. The fourth-order valence-corrected chi connectivity index (χ4v) is 2.89. The minimum Gasteiger partial charge on any atom is -0.383 e. The SMILES string of the molecule is COCC(C)N(C)S(=O)(=O)c1ccc(CN)cc1. The van der Waals surface area contributed by atoms with Gasteiger partial charge < -0.3 is 10.5 Å². The molecule has 0 radical (unpaired) electrons. The summed E-state index contributed by atoms with van der Waals surface area (Å²) in [5, 5.41) is 0. The normalized spacial score (nSPS) is 13.8. The summed E-state index contributed by atoms with van der Waals surface area (Å²) in [4.78, 5) is 0.269. The highest BCUT2D eigenvalue weighted by atomic mass is 32.2. The highest BCUT2D eigenvalue weighted by molar-refractivity contribution is 7.89. The van der Waals surface area contributed by atoms with Gasteiger partial charge in [-0.15, -0.1) is 0 Å². The van der Waals surface area contributed by atoms with E-state index in [1.54, 1.807) is 45.3 Å². The number of hydrogen-bond donors (Lipinski definition) is 1. The highest BCUT2D eigenvalue weighted by Crippen LogP contribution is 2.17. The van der Waals surface area contributed by atoms with Crippen molar-refractivity contribution in [2.24, 2.45) is 5.73 Å². The Kier molecular flexibility index (Phi) is 5.28. The first-order valence-corrected chi connectivity index (χ1v) is 7.13. The van der Waals surface area contributed by atoms with Crippen molar-refractivity contribution in [2.75, 3.05) is 20.8 Å². The fourth-order valence-electron chi connectivity index (χ4n) is 1.55. The van der Waals surface area contributed by atoms with E-state index in [1.165, 1.54) is 4.31 Å². The first-order valence-electron chi connectivity index (χ1n) is 5.69. The molecule has 5 nitrogen and oxygen atoms in total. The van der Waals surface area contributed by atoms with Gasteiger partial charge in [0.2, 0.25) is 10.0 Å². The quantitative estimate of drug-likeness (QED) is 0.831. The van der Waals surface area contributed by atoms with Crippen molar-refractivity contribution < 1.29 is 13.2 Å². The summed E-state index contributed by atoms with van der Waals surface area (Å²) in [5.74, 6) is 0. The third-order valence-corrected chi connectivity index (χ3v) is 4.85. The molecule has 0 spiro atoms. The highest BCUT2D eigenvalue weighted by Gasteiger charge is 2.24. The van der Waals surface area contributed by atoms with Crippen LogP contribution in [-0.2, 0) is 21.3 Å². The molecule has 1 atom stereocenters. The third kappa shape index (κ3) is 3.29. The second-order valence-corrected chi connectivity index (χ2v) is 6.17. The van der Waals surface area contributed by atoms with Crippen LogP contribution in [0, 0.1) is 0 Å². The van der Waals surface area contributed by atoms with E-state index in [2.05, 4.69) is 0 Å². The lowest BCUT2D eigenvalue weighted by atomic mass is 10.2. The standard InChI is InChI=1S/C12H20N2O3S/c1-10(9-17-3)14(2)18(15,16)12-6-4-11(8-13)5-7-12/h4-7,10H,8-9,13H2,1-3H3. The van der Waals surface area contributed by atoms with E-state index in [0.717, 1.165) is 5.56 Å². The molecule has 0 bridgehead atoms. The molecule has 18 heavy (non-hydrogen) atoms. The van der Waals surface area contributed by atoms with Gasteiger partial charge in [-0.2, -0.15) is 4.31 Å². The average molecular weight is 272 g/mol. The Morgan fingerprint density at radius 1 is 1.33 bits per heavy atom. The molecule has 1 rings (SSSR count). The number of likely N-dealkylation sites (N-methyl/N-ethyl adjacent to an activating group) is 1. The summed E-state index contributed by atoms with van der Waals surface area (Å²) in [5.41, 5.74) is 6.38. The Morgan fingerprint density at radius 3 is 2.33 bits per heavy atom. The van der Waals surface area contributed by atoms with E-state index in [4.69, 9.17) is 10.5 Å². The topological polar surface area (TPSA) is 72.6 Å². The van der Waals surface area contributed by atoms with Crippen molar-refractivity contribution in [1.29, 1.82) is 0 Å². The lowest BCUT2D eigenvalue weighted by molar-refractivity contribution is 0.149. The van der Waals surface area contributed by atoms with Gasteiger partial charge in [-0.1, -0.05) is 12.1 Å². The number of ether oxygens (including phenoxy) is 1. The summed E-state index contributed by atoms with van der Waals surface area (Å²) < 4.78 is 30.9. The van der Waals surface area contributed by atoms with Gasteiger partial charge in [0, 0.05) is 26.7 Å². The maximum atomic E-state index is 12.3. The summed E-state index contributed by atoms with van der Waals surface area (Å²) >= 11 is 0. The maximum Gasteiger partial charge on any atom is 0.243 e. The Hall–Kier alpha value is -0.950. The van der Waals surface area contributed by atoms with Gasteiger partial charge in [-0.05, 0) is 24.6 Å². The number of nitrogens with two attached hydrogens (primary N) is 1. The van der Waals surface area contributed by atoms with Crippen LogP contribution in [0.25, 0.3) is 0 Å². The molecule has 1 aromatic carbocycles. The van der Waals surface area contributed by atoms with Crippen LogP contribution >= 0.6 is 0 Å². The lowest BCUT2D eigenvalue weighted by Crippen LogP contribution is -2.37. The zero-order chi connectivity index (χ0) is 13.8. The van der Waals surface area contributed by atoms with Crippen molar-refractivity contribution in [3.05, 3.63) is 29.8 Å². The minimum absolute atomic E-state index is 0.214. The molecular weight excluding hydrogens is 252 g/mol. The van der Waals surface area contributed by atoms with Crippen LogP contribution in [0.5, 0.6) is 0 Å². The van der Waals surface area contributed by atoms with Crippen LogP contribution in [0.3, 0.4) is 0 Å². The Bertz CT molecular complexity index is 471. The van der Waals surface area contributed by atoms with Crippen molar-refractivity contribution in [2.45, 2.75) is 24.4 Å². The van der Waals surface area contributed by atoms with Gasteiger partial charge >= 0.3 is 0 Å². The molecular formula is C12H20N2O3S. The Morgan fingerprint density at radius 2 is 1.89 bits per heavy atom. The largest absolute Gasteiger partial charge is 0.383 e. The van der Waals surface area contributed by atoms with E-state index >= 15 is 0 Å². The first-order chi connectivity index (χ1) is 8.43. The summed E-state index contributed by atoms with van der Waals surface area (Å²) in [6.07, 6.45) is 0. The number of benzene rings is 1. The molecule has 102 valence electrons. The van der Waals surface area contributed by atoms with E-state index in [-0.39, 0.29) is 10.9 Å². The second-order valence-electron chi connectivity index (χ2n) is 4.17. The third-order valence-electron chi connectivity index (χ3n) is 2.86. The number of nitrogens with zero attached hydrogens (tertiary/aromatic N) is 1. The molecule has 1 aromatic rings. The van der Waals surface area contributed by atoms with E-state index in [9.17, 15) is 8.42 Å². The number of sulfonamides is 1. The van der Waals surface area contributed by atoms with E-state index in [0.29, 0.717) is 13.2 Å². The minimum atomic E-state index is -3.47. The summed E-state index contributed by atoms with van der Waals surface area (Å²) in [6.45, 7) is 2.56. The predicted molar refractivity (Wildman–Crippen MR) is 70.6 cm³/mol. The zero-order valence-electron chi connectivity index (χ0n) is 11.0. The van der Waals surface area contributed by atoms with Gasteiger partial charge in [0.25, 0.3) is 0 Å². The van der Waals surface area contributed by atoms with Crippen molar-refractivity contribution in [3.63, 3.8) is 0 Å². The van der Waals surface area contributed by atoms with E-state index in [1.807, 2.05) is 0 Å². The van der Waals surface area contributed by atoms with Crippen molar-refractivity contribution in [1.82, 2.24) is 4.31 Å². The Labute approximate surface area is 109 Å². The lowest BCUT2D eigenvalue weighted by Gasteiger charge is -2.23. The monoisotopic (exact) mass is 272 g/mol. The molecule has 0 saturated heterocycles. The molecule has 0 aliphatic rings. The number of methoxy groups -OCH3 is 1. The van der Waals surface area contributed by atoms with Crippen LogP contribution in [-0.4, -0.2) is 39.5 Å². The van der Waals surface area contributed by atoms with E-state index < -0.39 is 10.0 Å². The molecule has 1 unspecified atom stereocenters. The van der Waals surface area contributed by atoms with Crippen LogP contribution in [0.15, 0.2) is 29.2 Å². The van der Waals surface area contributed by atoms with Crippen molar-refractivity contribution >= 4 is 10.0 Å². The molecule has 0 fully saturated rings. The van der Waals surface area contributed by atoms with Gasteiger partial charge in [0.05, 0.1) is 11.5 Å². The molecule has 0 amide bonds. The van der Waals surface area contributed by atoms with Gasteiger partial charge in [-0.3, -0.25) is 0 Å². The van der Waals surface area contributed by atoms with Crippen molar-refractivity contribution in [3.8, 4) is 0 Å². The summed E-state index contributed by atoms with van der Waals surface area (Å²) in [6, 6.07) is 6.39. The maximum absolute atomic E-state index is 12.3. The first kappa shape index (κ1) is 15.1. The van der Waals surface area contributed by atoms with Gasteiger partial charge in [0.1, 0.15) is 0 Å². The Balaban J connectivity index is 2.97. The van der Waals surface area contributed by atoms with Crippen LogP contribution in [0.2, 0.25) is 0 Å². The van der Waals surface area contributed by atoms with Gasteiger partial charge in [-0.25, -0.2) is 8.42 Å². The molecule has 0 aromatic heterocycles. The molecule has 6 heteroatoms. The smallest absolute Gasteiger partial charge is 0.243 e. The molecule has 2 N–H and O–H groups in total. The number of rotatable bonds is 6. The molecule has 0 saturated carbocycles. The van der Waals surface area contributed by atoms with Crippen LogP contribution in [0.4, 0.5) is 0 Å². The average Bonchev–Trinajstić information content (AvgIpc) is 2.38. The predicted octanol–water partition coefficient (Wildman–Crippen LogP) is 0.801. The summed E-state index contributed by atoms with van der Waals surface area (Å²) in [7, 11) is -0.373. The molecule has 0 aliphatic carbocycles.